The third kappa shape index (κ3) is 3.53. The summed E-state index contributed by atoms with van der Waals surface area (Å²) in [4.78, 5) is 0. The van der Waals surface area contributed by atoms with Crippen LogP contribution in [0.1, 0.15) is 291 Å². The summed E-state index contributed by atoms with van der Waals surface area (Å²) in [5, 5.41) is 0. The van der Waals surface area contributed by atoms with E-state index in [2.05, 4.69) is 180 Å². The number of hydrogen-bond acceptors (Lipinski definition) is 0. The highest BCUT2D eigenvalue weighted by Gasteiger charge is 3.30. The first-order valence-electron chi connectivity index (χ1n) is 49.6. The lowest BCUT2D eigenvalue weighted by molar-refractivity contribution is -0.862. The first kappa shape index (κ1) is 69.2. The molecule has 48 rings (SSSR count). The van der Waals surface area contributed by atoms with Gasteiger partial charge in [-0.05, 0) is 366 Å². The molecule has 106 heavy (non-hydrogen) atoms. The van der Waals surface area contributed by atoms with E-state index in [0.29, 0.717) is 43.3 Å². The van der Waals surface area contributed by atoms with Gasteiger partial charge in [-0.2, -0.15) is 0 Å². The van der Waals surface area contributed by atoms with E-state index in [1.807, 2.05) is 111 Å². The fraction of sp³-hybridized carbons (Fsp3) is 1.00. The zero-order valence-electron chi connectivity index (χ0n) is 76.9. The lowest BCUT2D eigenvalue weighted by Gasteiger charge is -3.32. The van der Waals surface area contributed by atoms with Crippen LogP contribution in [0, 0.1) is 366 Å². The van der Waals surface area contributed by atoms with Crippen molar-refractivity contribution in [2.24, 2.45) is 366 Å². The maximum Gasteiger partial charge on any atom is -0.0130 e. The molecule has 0 N–H and O–H groups in total. The van der Waals surface area contributed by atoms with Crippen molar-refractivity contribution in [2.45, 2.75) is 291 Å². The molecule has 0 amide bonds. The Morgan fingerprint density at radius 1 is 0.123 bits per heavy atom. The summed E-state index contributed by atoms with van der Waals surface area (Å²) in [6.45, 7) is 99.2. The van der Waals surface area contributed by atoms with E-state index in [4.69, 9.17) is 0 Å². The van der Waals surface area contributed by atoms with Gasteiger partial charge in [0.1, 0.15) is 0 Å². The molecule has 0 heteroatoms. The van der Waals surface area contributed by atoms with Crippen LogP contribution in [-0.2, 0) is 0 Å². The minimum Gasteiger partial charge on any atom is -0.0683 e. The van der Waals surface area contributed by atoms with Crippen molar-refractivity contribution in [3.8, 4) is 0 Å². The van der Waals surface area contributed by atoms with Gasteiger partial charge in [0.05, 0.1) is 0 Å². The average Bonchev–Trinajstić information content (AvgIpc) is 0.493. The van der Waals surface area contributed by atoms with Gasteiger partial charge in [0, 0.05) is 0 Å². The summed E-state index contributed by atoms with van der Waals surface area (Å²) in [5.74, 6) is 47.2. The van der Waals surface area contributed by atoms with Gasteiger partial charge < -0.3 is 0 Å². The molecule has 0 spiro atoms. The van der Waals surface area contributed by atoms with E-state index >= 15 is 0 Å². The Morgan fingerprint density at radius 3 is 0.415 bits per heavy atom. The highest BCUT2D eigenvalue weighted by atomic mass is 15.3. The van der Waals surface area contributed by atoms with Gasteiger partial charge in [0.15, 0.2) is 0 Å². The maximum absolute atomic E-state index is 2.61. The van der Waals surface area contributed by atoms with Crippen LogP contribution in [0.5, 0.6) is 0 Å². The summed E-state index contributed by atoms with van der Waals surface area (Å²) >= 11 is 0. The van der Waals surface area contributed by atoms with E-state index in [0.717, 1.165) is 145 Å². The lowest BCUT2D eigenvalue weighted by Crippen LogP contribution is -3.29. The van der Waals surface area contributed by atoms with Crippen molar-refractivity contribution in [1.82, 2.24) is 0 Å². The minimum atomic E-state index is 0.642. The summed E-state index contributed by atoms with van der Waals surface area (Å²) in [6, 6.07) is 0. The van der Waals surface area contributed by atoms with Gasteiger partial charge >= 0.3 is 0 Å². The monoisotopic (exact) mass is 1440 g/mol. The molecule has 4 unspecified atom stereocenters. The van der Waals surface area contributed by atoms with Crippen LogP contribution in [-0.4, -0.2) is 0 Å². The van der Waals surface area contributed by atoms with Crippen LogP contribution >= 0.6 is 0 Å². The second kappa shape index (κ2) is 15.6. The van der Waals surface area contributed by atoms with Gasteiger partial charge in [-0.25, -0.2) is 0 Å². The van der Waals surface area contributed by atoms with E-state index in [1.54, 1.807) is 0 Å². The van der Waals surface area contributed by atoms with Gasteiger partial charge in [-0.15, -0.1) is 0 Å². The van der Waals surface area contributed by atoms with Crippen molar-refractivity contribution >= 4 is 0 Å². The molecule has 4 atom stereocenters. The third-order valence-electron chi connectivity index (χ3n) is 61.5. The Morgan fingerprint density at radius 2 is 0.283 bits per heavy atom. The quantitative estimate of drug-likeness (QED) is 0.227. The zero-order valence-corrected chi connectivity index (χ0v) is 76.9. The topological polar surface area (TPSA) is 0 Å². The predicted molar refractivity (Wildman–Crippen MR) is 434 cm³/mol. The van der Waals surface area contributed by atoms with Gasteiger partial charge in [-0.1, -0.05) is 291 Å². The van der Waals surface area contributed by atoms with Crippen molar-refractivity contribution < 1.29 is 0 Å². The van der Waals surface area contributed by atoms with Crippen LogP contribution in [0.4, 0.5) is 0 Å². The molecule has 0 bridgehead atoms. The Kier molecular flexibility index (Phi) is 10.2. The minimum absolute atomic E-state index is 0.642. The molecule has 48 aliphatic rings. The number of hydrogen-bond donors (Lipinski definition) is 0. The molecule has 0 radical (unpaired) electrons. The SMILES string of the molecule is C12C3C4C1C1C2C3C41.CC.CC.CC.CC.CC.CC.CC.CC.CC12C3(C)C4(C)C1(C)C1(C)C2(C)C3(C)C41C.CC12C3C4(C)C1C1(C)C2C3(C)C41.CC12C3C4C1(C)C1C2C3(C)C41C.CC12C3C4C1C1C2C3C41C.CC12C3C4C5C3C1(C)C5(C)C42C.CC12C3C4C5C3C1(C)C5C42.CC12C3C4C5C3C1C5(C)C42. The van der Waals surface area contributed by atoms with Crippen molar-refractivity contribution in [2.75, 3.05) is 0 Å². The molecule has 588 valence electrons. The molecule has 48 aliphatic carbocycles. The molecule has 48 fully saturated rings. The van der Waals surface area contributed by atoms with Crippen molar-refractivity contribution in [1.29, 1.82) is 0 Å². The summed E-state index contributed by atoms with van der Waals surface area (Å²) < 4.78 is 0. The highest BCUT2D eigenvalue weighted by Crippen LogP contribution is 3.33. The maximum atomic E-state index is 2.61. The highest BCUT2D eigenvalue weighted by molar-refractivity contribution is 5.76. The van der Waals surface area contributed by atoms with Gasteiger partial charge in [0.2, 0.25) is 0 Å². The Balaban J connectivity index is 0.0000000685. The van der Waals surface area contributed by atoms with Crippen LogP contribution in [0.3, 0.4) is 0 Å². The molecule has 0 heterocycles. The molecule has 0 aliphatic heterocycles. The second-order valence-electron chi connectivity index (χ2n) is 52.4. The summed E-state index contributed by atoms with van der Waals surface area (Å²) in [6.07, 6.45) is 0. The van der Waals surface area contributed by atoms with Crippen molar-refractivity contribution in [3.63, 3.8) is 0 Å². The summed E-state index contributed by atoms with van der Waals surface area (Å²) in [5.41, 5.74) is 20.7. The second-order valence-corrected chi connectivity index (χ2v) is 52.4. The molecule has 0 aromatic rings. The number of rotatable bonds is 0. The largest absolute Gasteiger partial charge is 0.0683 e. The molecular formula is C106H164. The lowest BCUT2D eigenvalue weighted by atomic mass is 8.71. The van der Waals surface area contributed by atoms with Crippen molar-refractivity contribution in [3.05, 3.63) is 0 Å². The van der Waals surface area contributed by atoms with Crippen LogP contribution in [0.25, 0.3) is 0 Å². The Hall–Kier alpha value is 0. The Bertz CT molecular complexity index is 3520. The smallest absolute Gasteiger partial charge is 0.0130 e. The normalized spacial score (nSPS) is 87.0. The first-order valence-corrected chi connectivity index (χ1v) is 49.6. The van der Waals surface area contributed by atoms with Gasteiger partial charge in [0.25, 0.3) is 0 Å². The molecule has 0 aromatic carbocycles. The van der Waals surface area contributed by atoms with Crippen LogP contribution < -0.4 is 0 Å². The predicted octanol–water partition coefficient (Wildman–Crippen LogP) is 26.2. The first-order chi connectivity index (χ1) is 49.6. The van der Waals surface area contributed by atoms with Crippen LogP contribution in [0.15, 0.2) is 0 Å². The van der Waals surface area contributed by atoms with E-state index in [1.165, 1.54) is 178 Å². The molecule has 0 saturated heterocycles. The summed E-state index contributed by atoms with van der Waals surface area (Å²) in [7, 11) is 0. The molecule has 0 nitrogen and oxygen atoms in total. The fourth-order valence-electron chi connectivity index (χ4n) is 62.8. The average molecular weight is 1440 g/mol. The van der Waals surface area contributed by atoms with E-state index in [-0.39, 0.29) is 0 Å². The van der Waals surface area contributed by atoms with E-state index in [9.17, 15) is 0 Å². The fourth-order valence-corrected chi connectivity index (χ4v) is 62.8. The Labute approximate surface area is 652 Å². The van der Waals surface area contributed by atoms with Gasteiger partial charge in [-0.3, -0.25) is 0 Å². The standard InChI is InChI=1S/C16H24.3C12H16.3C10H12.C8H8.8C2H6/c1-9-10(2)13(5)11(9,3)15(7)12(9,4)14(10,6)16(13,15)8;1-9-5-10(2)6(9)12(4)7(9)11(5,3)8(10)12;1-9-5-7-10(9,2)8-6(9)11(5,3)12(7,8)4;1-9-5-6-8-7(5)11(9,3)12(8,4)10(6,9)2;1-9-3-6-4(9)8-5(9)7(3)10(6,8)2;1-9-5-3-6-4(5)8(9)10(6,2)7(3)9;1-9-5-3-4-7(5)10(9,2)8(4)6(3)9;1-2-5-3(1)7-4(1)6(2)8(5)7;8*1-2/h1-8H3;3*5-8H,1-4H3;3*3-8H,1-2H3;1-8H;8*1-2H3. The molecular weight excluding hydrogens is 1270 g/mol. The zero-order chi connectivity index (χ0) is 76.9. The molecule has 48 saturated carbocycles. The van der Waals surface area contributed by atoms with Crippen LogP contribution in [0.2, 0.25) is 0 Å². The van der Waals surface area contributed by atoms with E-state index < -0.39 is 0 Å². The molecule has 0 aromatic heterocycles. The third-order valence-corrected chi connectivity index (χ3v) is 61.5.